The summed E-state index contributed by atoms with van der Waals surface area (Å²) in [7, 11) is 8.36. The number of esters is 1. The third kappa shape index (κ3) is 17.7. The number of benzene rings is 3. The molecule has 25 heteroatoms. The number of hydrogen-bond acceptors (Lipinski definition) is 15. The number of furan rings is 1. The van der Waals surface area contributed by atoms with Gasteiger partial charge in [0.25, 0.3) is 17.7 Å². The van der Waals surface area contributed by atoms with Crippen molar-refractivity contribution in [3.63, 3.8) is 0 Å². The third-order valence-electron chi connectivity index (χ3n) is 15.9. The number of carbonyl (C=O) groups excluding carboxylic acids is 10. The Balaban J connectivity index is 0.923. The molecule has 7 rings (SSSR count). The largest absolute Gasteiger partial charge is 0.492 e. The predicted octanol–water partition coefficient (Wildman–Crippen LogP) is 6.12. The number of halogens is 1. The van der Waals surface area contributed by atoms with E-state index in [1.807, 2.05) is 38.9 Å². The number of rotatable bonds is 32. The number of aromatic amines is 1. The standard InChI is InChI=1S/C64H81ClN10O14/c1-38(2)46(12-9-23-67-52(77)14-11-25-74-53(78)21-22-54(74)79)60(81)70-47(13-10-24-68-63(66)84)49(76)30-40-15-17-41(18-16-40)37-88-64(85)73(7)27-26-72(6)55(80)34-43-32-48-57(58-56(62(83)86-8)39(3)69-59(43)58)44(35-65)36-75(48)61(82)51-33-42-31-45(19-20-50(42)89-51)87-29-28-71(4)5/h15-22,31-33,38,44,46-47,69H,9-14,23-30,34-37H2,1-8H3,(H,67,77)(H,70,81)(H3,66,68,84)/t44-,46+,47?/m1/s1. The van der Waals surface area contributed by atoms with E-state index in [-0.39, 0.29) is 112 Å². The highest BCUT2D eigenvalue weighted by atomic mass is 35.5. The van der Waals surface area contributed by atoms with Crippen molar-refractivity contribution in [2.75, 3.05) is 98.5 Å². The number of hydrogen-bond donors (Lipinski definition) is 5. The highest BCUT2D eigenvalue weighted by molar-refractivity contribution is 6.20. The van der Waals surface area contributed by atoms with E-state index in [1.54, 1.807) is 74.4 Å². The maximum Gasteiger partial charge on any atom is 0.409 e. The van der Waals surface area contributed by atoms with E-state index in [9.17, 15) is 47.9 Å². The quantitative estimate of drug-likeness (QED) is 0.0140. The minimum atomic E-state index is -0.885. The molecular formula is C64H81ClN10O14. The number of fused-ring (bicyclic) bond motifs is 4. The van der Waals surface area contributed by atoms with Gasteiger partial charge in [-0.05, 0) is 112 Å². The van der Waals surface area contributed by atoms with Crippen LogP contribution in [0.5, 0.6) is 5.75 Å². The minimum absolute atomic E-state index is 0.0274. The zero-order chi connectivity index (χ0) is 64.6. The molecule has 2 aromatic heterocycles. The molecule has 1 unspecified atom stereocenters. The van der Waals surface area contributed by atoms with Gasteiger partial charge in [0.15, 0.2) is 11.5 Å². The number of carbonyl (C=O) groups is 10. The summed E-state index contributed by atoms with van der Waals surface area (Å²) in [5.74, 6) is -3.09. The van der Waals surface area contributed by atoms with Crippen LogP contribution in [0.2, 0.25) is 0 Å². The number of ether oxygens (including phenoxy) is 3. The number of anilines is 1. The molecule has 6 N–H and O–H groups in total. The second kappa shape index (κ2) is 31.4. The Labute approximate surface area is 522 Å². The van der Waals surface area contributed by atoms with Crippen molar-refractivity contribution >= 4 is 98.5 Å². The van der Waals surface area contributed by atoms with Crippen molar-refractivity contribution in [3.05, 3.63) is 106 Å². The molecule has 4 heterocycles. The zero-order valence-corrected chi connectivity index (χ0v) is 52.6. The molecule has 9 amide bonds. The van der Waals surface area contributed by atoms with Crippen LogP contribution < -0.4 is 31.3 Å². The van der Waals surface area contributed by atoms with Crippen molar-refractivity contribution in [2.24, 2.45) is 17.6 Å². The number of aromatic nitrogens is 1. The van der Waals surface area contributed by atoms with Gasteiger partial charge in [0.2, 0.25) is 17.7 Å². The van der Waals surface area contributed by atoms with Gasteiger partial charge in [0.1, 0.15) is 24.5 Å². The zero-order valence-electron chi connectivity index (χ0n) is 51.8. The van der Waals surface area contributed by atoms with Gasteiger partial charge in [-0.1, -0.05) is 38.1 Å². The molecule has 3 atom stereocenters. The fourth-order valence-corrected chi connectivity index (χ4v) is 11.1. The fourth-order valence-electron chi connectivity index (χ4n) is 10.8. The van der Waals surface area contributed by atoms with Crippen LogP contribution in [0, 0.1) is 18.8 Å². The molecule has 24 nitrogen and oxygen atoms in total. The van der Waals surface area contributed by atoms with Crippen LogP contribution in [0.3, 0.4) is 0 Å². The van der Waals surface area contributed by atoms with Crippen LogP contribution in [0.15, 0.2) is 71.2 Å². The third-order valence-corrected chi connectivity index (χ3v) is 16.3. The molecule has 0 fully saturated rings. The van der Waals surface area contributed by atoms with Crippen LogP contribution in [-0.2, 0) is 57.7 Å². The Hall–Kier alpha value is -8.77. The number of nitrogens with zero attached hydrogens (tertiary/aromatic N) is 5. The van der Waals surface area contributed by atoms with E-state index in [4.69, 9.17) is 36.0 Å². The number of ketones is 1. The van der Waals surface area contributed by atoms with Crippen molar-refractivity contribution in [1.29, 1.82) is 0 Å². The molecular weight excluding hydrogens is 1170 g/mol. The number of likely N-dealkylation sites (N-methyl/N-ethyl adjacent to an activating group) is 3. The summed E-state index contributed by atoms with van der Waals surface area (Å²) in [4.78, 5) is 141. The predicted molar refractivity (Wildman–Crippen MR) is 334 cm³/mol. The van der Waals surface area contributed by atoms with Gasteiger partial charge in [-0.2, -0.15) is 0 Å². The highest BCUT2D eigenvalue weighted by Crippen LogP contribution is 2.46. The molecule has 0 spiro atoms. The van der Waals surface area contributed by atoms with E-state index in [0.717, 1.165) is 11.4 Å². The van der Waals surface area contributed by atoms with Crippen LogP contribution in [-0.4, -0.2) is 184 Å². The van der Waals surface area contributed by atoms with Gasteiger partial charge >= 0.3 is 18.1 Å². The fraction of sp³-hybridized carbons (Fsp3) is 0.469. The number of aryl methyl sites for hydroxylation is 1. The Morgan fingerprint density at radius 3 is 2.20 bits per heavy atom. The molecule has 0 bridgehead atoms. The maximum atomic E-state index is 14.5. The number of methoxy groups -OCH3 is 1. The molecule has 0 saturated heterocycles. The van der Waals surface area contributed by atoms with Gasteiger partial charge in [-0.3, -0.25) is 38.5 Å². The molecule has 3 aromatic carbocycles. The first-order valence-electron chi connectivity index (χ1n) is 29.8. The van der Waals surface area contributed by atoms with Gasteiger partial charge in [0.05, 0.1) is 30.7 Å². The summed E-state index contributed by atoms with van der Waals surface area (Å²) in [6.45, 7) is 7.69. The van der Waals surface area contributed by atoms with Crippen LogP contribution >= 0.6 is 11.6 Å². The smallest absolute Gasteiger partial charge is 0.409 e. The summed E-state index contributed by atoms with van der Waals surface area (Å²) < 4.78 is 22.9. The summed E-state index contributed by atoms with van der Waals surface area (Å²) in [6.07, 6.45) is 3.51. The van der Waals surface area contributed by atoms with Crippen LogP contribution in [0.25, 0.3) is 21.9 Å². The second-order valence-electron chi connectivity index (χ2n) is 23.1. The number of alkyl halides is 1. The maximum absolute atomic E-state index is 14.5. The van der Waals surface area contributed by atoms with Gasteiger partial charge in [-0.25, -0.2) is 14.4 Å². The Morgan fingerprint density at radius 2 is 1.53 bits per heavy atom. The monoisotopic (exact) mass is 1250 g/mol. The molecule has 0 saturated carbocycles. The lowest BCUT2D eigenvalue weighted by atomic mass is 9.89. The van der Waals surface area contributed by atoms with Crippen molar-refractivity contribution in [1.82, 2.24) is 40.5 Å². The lowest BCUT2D eigenvalue weighted by molar-refractivity contribution is -0.137. The van der Waals surface area contributed by atoms with Gasteiger partial charge in [-0.15, -0.1) is 11.6 Å². The average Bonchev–Trinajstić information content (AvgIpc) is 1.59. The van der Waals surface area contributed by atoms with Gasteiger partial charge in [0, 0.05) is 125 Å². The van der Waals surface area contributed by atoms with Crippen LogP contribution in [0.4, 0.5) is 15.3 Å². The lowest BCUT2D eigenvalue weighted by Gasteiger charge is -2.24. The Kier molecular flexibility index (Phi) is 23.9. The first-order valence-corrected chi connectivity index (χ1v) is 30.3. The molecule has 478 valence electrons. The molecule has 0 aliphatic carbocycles. The minimum Gasteiger partial charge on any atom is -0.492 e. The average molecular weight is 1250 g/mol. The number of H-pyrrole nitrogens is 1. The number of urea groups is 1. The number of imide groups is 1. The number of primary amides is 1. The first-order chi connectivity index (χ1) is 42.5. The summed E-state index contributed by atoms with van der Waals surface area (Å²) in [5, 5.41) is 9.48. The van der Waals surface area contributed by atoms with E-state index in [2.05, 4.69) is 20.9 Å². The second-order valence-corrected chi connectivity index (χ2v) is 23.4. The topological polar surface area (TPSA) is 306 Å². The van der Waals surface area contributed by atoms with Crippen molar-refractivity contribution < 1.29 is 66.6 Å². The van der Waals surface area contributed by atoms with E-state index < -0.39 is 53.7 Å². The van der Waals surface area contributed by atoms with Crippen molar-refractivity contribution in [2.45, 2.75) is 90.7 Å². The molecule has 0 radical (unpaired) electrons. The SMILES string of the molecule is COC(=O)c1c(C)[nH]c2c(CC(=O)N(C)CCN(C)C(=O)OCc3ccc(CC(=O)C(CCCNC(N)=O)NC(=O)[C@@H](CCCNC(=O)CCCN4C(=O)C=CC4=O)C(C)C)cc3)cc3c(c12)[C@H](CCl)CN3C(=O)c1cc2cc(OCCN(C)C)ccc2o1. The van der Waals surface area contributed by atoms with Crippen LogP contribution in [0.1, 0.15) is 107 Å². The summed E-state index contributed by atoms with van der Waals surface area (Å²) >= 11 is 6.63. The highest BCUT2D eigenvalue weighted by Gasteiger charge is 2.39. The summed E-state index contributed by atoms with van der Waals surface area (Å²) in [6, 6.07) is 14.1. The summed E-state index contributed by atoms with van der Waals surface area (Å²) in [5.41, 5.74) is 10.0. The van der Waals surface area contributed by atoms with E-state index in [1.165, 1.54) is 29.1 Å². The Bertz CT molecular complexity index is 3450. The number of amides is 9. The van der Waals surface area contributed by atoms with E-state index in [0.29, 0.717) is 100 Å². The molecule has 89 heavy (non-hydrogen) atoms. The number of nitrogens with one attached hydrogen (secondary N) is 4. The lowest BCUT2D eigenvalue weighted by Crippen LogP contribution is -2.46. The Morgan fingerprint density at radius 1 is 0.843 bits per heavy atom. The normalized spacial score (nSPS) is 14.3. The number of Topliss-reactive ketones (excluding diaryl/α,β-unsaturated/α-hetero) is 1. The van der Waals surface area contributed by atoms with Gasteiger partial charge < -0.3 is 64.9 Å². The van der Waals surface area contributed by atoms with Crippen molar-refractivity contribution in [3.8, 4) is 5.75 Å². The molecule has 5 aromatic rings. The first kappa shape index (κ1) is 67.7. The number of nitrogens with two attached hydrogens (primary N) is 1. The molecule has 2 aliphatic rings. The molecule has 2 aliphatic heterocycles. The van der Waals surface area contributed by atoms with E-state index >= 15 is 0 Å².